The molecule has 26 heavy (non-hydrogen) atoms. The molecule has 7 heteroatoms. The van der Waals surface area contributed by atoms with Gasteiger partial charge in [-0.25, -0.2) is 4.79 Å². The third-order valence-corrected chi connectivity index (χ3v) is 4.76. The number of nitrogens with one attached hydrogen (secondary N) is 1. The Bertz CT molecular complexity index is 1110. The maximum Gasteiger partial charge on any atom is 0.336 e. The molecule has 0 fully saturated rings. The molecule has 0 bridgehead atoms. The van der Waals surface area contributed by atoms with Crippen molar-refractivity contribution in [1.82, 2.24) is 10.2 Å². The maximum absolute atomic E-state index is 12.0. The van der Waals surface area contributed by atoms with Gasteiger partial charge in [0.05, 0.1) is 0 Å². The zero-order chi connectivity index (χ0) is 17.9. The largest absolute Gasteiger partial charge is 0.486 e. The molecule has 0 spiro atoms. The molecule has 4 aromatic rings. The van der Waals surface area contributed by atoms with Gasteiger partial charge < -0.3 is 14.5 Å². The van der Waals surface area contributed by atoms with Crippen molar-refractivity contribution < 1.29 is 9.15 Å². The highest BCUT2D eigenvalue weighted by atomic mass is 32.1. The van der Waals surface area contributed by atoms with Crippen LogP contribution in [-0.4, -0.2) is 17.2 Å². The van der Waals surface area contributed by atoms with Gasteiger partial charge >= 0.3 is 5.63 Å². The van der Waals surface area contributed by atoms with Gasteiger partial charge in [-0.05, 0) is 23.3 Å². The fourth-order valence-corrected chi connectivity index (χ4v) is 3.25. The van der Waals surface area contributed by atoms with Crippen molar-refractivity contribution >= 4 is 27.4 Å². The lowest BCUT2D eigenvalue weighted by Gasteiger charge is -2.08. The third kappa shape index (κ3) is 3.29. The average Bonchev–Trinajstić information content (AvgIpc) is 3.14. The summed E-state index contributed by atoms with van der Waals surface area (Å²) >= 11 is 1.43. The van der Waals surface area contributed by atoms with Crippen molar-refractivity contribution in [2.45, 2.75) is 6.61 Å². The SMILES string of the molecule is CNc1nnc(COc2ccc3c(-c4ccccc4)cc(=O)oc3c2)s1. The van der Waals surface area contributed by atoms with E-state index in [4.69, 9.17) is 9.15 Å². The Morgan fingerprint density at radius 2 is 1.96 bits per heavy atom. The van der Waals surface area contributed by atoms with Crippen molar-refractivity contribution in [3.8, 4) is 16.9 Å². The van der Waals surface area contributed by atoms with Gasteiger partial charge in [0.2, 0.25) is 5.13 Å². The Balaban J connectivity index is 1.66. The molecule has 0 aliphatic heterocycles. The molecular weight excluding hydrogens is 350 g/mol. The minimum atomic E-state index is -0.392. The van der Waals surface area contributed by atoms with Crippen molar-refractivity contribution in [2.24, 2.45) is 0 Å². The van der Waals surface area contributed by atoms with Crippen molar-refractivity contribution in [3.63, 3.8) is 0 Å². The number of nitrogens with zero attached hydrogens (tertiary/aromatic N) is 2. The molecule has 4 rings (SSSR count). The number of anilines is 1. The lowest BCUT2D eigenvalue weighted by atomic mass is 10.0. The van der Waals surface area contributed by atoms with Crippen LogP contribution in [0.25, 0.3) is 22.1 Å². The number of aromatic nitrogens is 2. The molecule has 0 aliphatic rings. The van der Waals surface area contributed by atoms with E-state index in [-0.39, 0.29) is 0 Å². The van der Waals surface area contributed by atoms with E-state index in [0.717, 1.165) is 26.7 Å². The van der Waals surface area contributed by atoms with Crippen LogP contribution in [0.2, 0.25) is 0 Å². The second kappa shape index (κ2) is 6.97. The van der Waals surface area contributed by atoms with Gasteiger partial charge in [-0.1, -0.05) is 41.7 Å². The van der Waals surface area contributed by atoms with Crippen LogP contribution >= 0.6 is 11.3 Å². The average molecular weight is 365 g/mol. The van der Waals surface area contributed by atoms with Crippen LogP contribution in [0.3, 0.4) is 0 Å². The normalized spacial score (nSPS) is 10.8. The van der Waals surface area contributed by atoms with Crippen molar-refractivity contribution in [2.75, 3.05) is 12.4 Å². The molecular formula is C19H15N3O3S. The molecule has 2 aromatic carbocycles. The molecule has 6 nitrogen and oxygen atoms in total. The summed E-state index contributed by atoms with van der Waals surface area (Å²) in [4.78, 5) is 12.0. The molecule has 0 saturated heterocycles. The van der Waals surface area contributed by atoms with Crippen molar-refractivity contribution in [3.05, 3.63) is 70.0 Å². The van der Waals surface area contributed by atoms with E-state index in [2.05, 4.69) is 15.5 Å². The fourth-order valence-electron chi connectivity index (χ4n) is 2.65. The van der Waals surface area contributed by atoms with Crippen LogP contribution in [0, 0.1) is 0 Å². The Labute approximate surface area is 153 Å². The first-order valence-corrected chi connectivity index (χ1v) is 8.81. The zero-order valence-electron chi connectivity index (χ0n) is 13.9. The van der Waals surface area contributed by atoms with Gasteiger partial charge in [0.15, 0.2) is 5.01 Å². The molecule has 130 valence electrons. The Morgan fingerprint density at radius 1 is 1.12 bits per heavy atom. The van der Waals surface area contributed by atoms with E-state index in [1.165, 1.54) is 17.4 Å². The second-order valence-electron chi connectivity index (χ2n) is 5.54. The van der Waals surface area contributed by atoms with E-state index >= 15 is 0 Å². The highest BCUT2D eigenvalue weighted by Crippen LogP contribution is 2.30. The smallest absolute Gasteiger partial charge is 0.336 e. The van der Waals surface area contributed by atoms with Gasteiger partial charge in [0.1, 0.15) is 17.9 Å². The minimum absolute atomic E-state index is 0.299. The highest BCUT2D eigenvalue weighted by molar-refractivity contribution is 7.15. The van der Waals surface area contributed by atoms with Gasteiger partial charge in [-0.3, -0.25) is 0 Å². The number of hydrogen-bond acceptors (Lipinski definition) is 7. The topological polar surface area (TPSA) is 77.3 Å². The summed E-state index contributed by atoms with van der Waals surface area (Å²) in [6.07, 6.45) is 0. The van der Waals surface area contributed by atoms with Crippen LogP contribution < -0.4 is 15.7 Å². The predicted octanol–water partition coefficient (Wildman–Crippen LogP) is 3.93. The summed E-state index contributed by atoms with van der Waals surface area (Å²) in [6, 6.07) is 16.7. The Kier molecular flexibility index (Phi) is 4.37. The first-order chi connectivity index (χ1) is 12.7. The molecule has 0 aliphatic carbocycles. The summed E-state index contributed by atoms with van der Waals surface area (Å²) in [5, 5.41) is 13.3. The van der Waals surface area contributed by atoms with E-state index in [0.29, 0.717) is 17.9 Å². The molecule has 0 unspecified atom stereocenters. The fraction of sp³-hybridized carbons (Fsp3) is 0.105. The number of ether oxygens (including phenoxy) is 1. The van der Waals surface area contributed by atoms with Crippen LogP contribution in [-0.2, 0) is 6.61 Å². The van der Waals surface area contributed by atoms with Gasteiger partial charge in [0, 0.05) is 24.6 Å². The van der Waals surface area contributed by atoms with Gasteiger partial charge in [-0.15, -0.1) is 10.2 Å². The molecule has 2 aromatic heterocycles. The molecule has 2 heterocycles. The van der Waals surface area contributed by atoms with Crippen LogP contribution in [0.4, 0.5) is 5.13 Å². The van der Waals surface area contributed by atoms with Crippen molar-refractivity contribution in [1.29, 1.82) is 0 Å². The molecule has 0 atom stereocenters. The van der Waals surface area contributed by atoms with Gasteiger partial charge in [0.25, 0.3) is 0 Å². The minimum Gasteiger partial charge on any atom is -0.486 e. The second-order valence-corrected chi connectivity index (χ2v) is 6.60. The molecule has 0 saturated carbocycles. The Morgan fingerprint density at radius 3 is 2.73 bits per heavy atom. The van der Waals surface area contributed by atoms with Crippen LogP contribution in [0.15, 0.2) is 63.8 Å². The number of benzene rings is 2. The Hall–Kier alpha value is -3.19. The molecule has 1 N–H and O–H groups in total. The number of hydrogen-bond donors (Lipinski definition) is 1. The summed E-state index contributed by atoms with van der Waals surface area (Å²) in [5.41, 5.74) is 1.90. The third-order valence-electron chi connectivity index (χ3n) is 3.84. The highest BCUT2D eigenvalue weighted by Gasteiger charge is 2.10. The van der Waals surface area contributed by atoms with Crippen LogP contribution in [0.1, 0.15) is 5.01 Å². The summed E-state index contributed by atoms with van der Waals surface area (Å²) in [7, 11) is 1.79. The summed E-state index contributed by atoms with van der Waals surface area (Å²) < 4.78 is 11.1. The van der Waals surface area contributed by atoms with E-state index in [1.807, 2.05) is 42.5 Å². The maximum atomic E-state index is 12.0. The standard InChI is InChI=1S/C19H15N3O3S/c1-20-19-22-21-17(26-19)11-24-13-7-8-14-15(12-5-3-2-4-6-12)10-18(23)25-16(14)9-13/h2-10H,11H2,1H3,(H,20,22). The first kappa shape index (κ1) is 16.3. The first-order valence-electron chi connectivity index (χ1n) is 7.99. The summed E-state index contributed by atoms with van der Waals surface area (Å²) in [6.45, 7) is 0.299. The van der Waals surface area contributed by atoms with Gasteiger partial charge in [-0.2, -0.15) is 0 Å². The van der Waals surface area contributed by atoms with E-state index in [9.17, 15) is 4.79 Å². The van der Waals surface area contributed by atoms with E-state index in [1.54, 1.807) is 13.1 Å². The number of fused-ring (bicyclic) bond motifs is 1. The quantitative estimate of drug-likeness (QED) is 0.540. The molecule has 0 radical (unpaired) electrons. The molecule has 0 amide bonds. The predicted molar refractivity (Wildman–Crippen MR) is 102 cm³/mol. The lowest BCUT2D eigenvalue weighted by molar-refractivity contribution is 0.304. The van der Waals surface area contributed by atoms with Crippen LogP contribution in [0.5, 0.6) is 5.75 Å². The number of rotatable bonds is 5. The summed E-state index contributed by atoms with van der Waals surface area (Å²) in [5.74, 6) is 0.604. The van der Waals surface area contributed by atoms with E-state index < -0.39 is 5.63 Å². The zero-order valence-corrected chi connectivity index (χ0v) is 14.7. The monoisotopic (exact) mass is 365 g/mol. The lowest BCUT2D eigenvalue weighted by Crippen LogP contribution is -1.99.